The predicted molar refractivity (Wildman–Crippen MR) is 107 cm³/mol. The van der Waals surface area contributed by atoms with E-state index in [0.717, 1.165) is 18.4 Å². The Morgan fingerprint density at radius 2 is 2.07 bits per heavy atom. The van der Waals surface area contributed by atoms with Crippen LogP contribution in [-0.2, 0) is 0 Å². The average molecular weight is 408 g/mol. The highest BCUT2D eigenvalue weighted by molar-refractivity contribution is 5.95. The summed E-state index contributed by atoms with van der Waals surface area (Å²) in [6, 6.07) is 12.7. The van der Waals surface area contributed by atoms with Gasteiger partial charge in [-0.2, -0.15) is 4.98 Å². The number of hydrogen-bond donors (Lipinski definition) is 0. The van der Waals surface area contributed by atoms with Crippen LogP contribution >= 0.6 is 0 Å². The van der Waals surface area contributed by atoms with Gasteiger partial charge in [0.1, 0.15) is 11.8 Å². The molecule has 1 fully saturated rings. The molecule has 1 aliphatic rings. The van der Waals surface area contributed by atoms with Crippen LogP contribution in [0.4, 0.5) is 5.69 Å². The Kier molecular flexibility index (Phi) is 5.42. The monoisotopic (exact) mass is 408 g/mol. The van der Waals surface area contributed by atoms with Gasteiger partial charge in [-0.05, 0) is 37.5 Å². The van der Waals surface area contributed by atoms with E-state index < -0.39 is 4.92 Å². The van der Waals surface area contributed by atoms with Crippen molar-refractivity contribution >= 4 is 11.6 Å². The third-order valence-corrected chi connectivity index (χ3v) is 5.12. The minimum absolute atomic E-state index is 0.118. The molecule has 0 bridgehead atoms. The third-order valence-electron chi connectivity index (χ3n) is 5.12. The largest absolute Gasteiger partial charge is 0.497 e. The van der Waals surface area contributed by atoms with Crippen LogP contribution in [0.15, 0.2) is 53.1 Å². The lowest BCUT2D eigenvalue weighted by molar-refractivity contribution is -0.384. The first-order valence-corrected chi connectivity index (χ1v) is 9.60. The third kappa shape index (κ3) is 3.86. The van der Waals surface area contributed by atoms with Crippen LogP contribution in [0.25, 0.3) is 11.4 Å². The van der Waals surface area contributed by atoms with Crippen molar-refractivity contribution in [3.63, 3.8) is 0 Å². The molecule has 0 radical (unpaired) electrons. The minimum Gasteiger partial charge on any atom is -0.497 e. The van der Waals surface area contributed by atoms with Gasteiger partial charge < -0.3 is 14.2 Å². The summed E-state index contributed by atoms with van der Waals surface area (Å²) in [7, 11) is 1.58. The molecular formula is C21H20N4O5. The molecule has 1 atom stereocenters. The molecule has 0 spiro atoms. The molecule has 30 heavy (non-hydrogen) atoms. The minimum atomic E-state index is -0.511. The fourth-order valence-electron chi connectivity index (χ4n) is 3.60. The fourth-order valence-corrected chi connectivity index (χ4v) is 3.60. The molecule has 0 N–H and O–H groups in total. The number of nitro benzene ring substituents is 1. The van der Waals surface area contributed by atoms with Crippen molar-refractivity contribution < 1.29 is 19.0 Å². The standard InChI is InChI=1S/C21H20N4O5/c1-29-17-9-5-6-14(13-17)19-22-20(30-23-19)18-10-2-3-11-24(18)21(26)15-7-4-8-16(12-15)25(27)28/h4-9,12-13,18H,2-3,10-11H2,1H3. The maximum atomic E-state index is 13.1. The number of nitro groups is 1. The second-order valence-corrected chi connectivity index (χ2v) is 7.01. The molecular weight excluding hydrogens is 388 g/mol. The number of hydrogen-bond acceptors (Lipinski definition) is 7. The van der Waals surface area contributed by atoms with Gasteiger partial charge in [-0.1, -0.05) is 23.4 Å². The summed E-state index contributed by atoms with van der Waals surface area (Å²) >= 11 is 0. The molecule has 1 saturated heterocycles. The first kappa shape index (κ1) is 19.6. The van der Waals surface area contributed by atoms with Crippen LogP contribution in [0.2, 0.25) is 0 Å². The number of methoxy groups -OCH3 is 1. The van der Waals surface area contributed by atoms with E-state index in [9.17, 15) is 14.9 Å². The summed E-state index contributed by atoms with van der Waals surface area (Å²) < 4.78 is 10.7. The normalized spacial score (nSPS) is 16.3. The van der Waals surface area contributed by atoms with Crippen molar-refractivity contribution in [1.82, 2.24) is 15.0 Å². The van der Waals surface area contributed by atoms with Gasteiger partial charge in [-0.3, -0.25) is 14.9 Å². The SMILES string of the molecule is COc1cccc(-c2noc(C3CCCCN3C(=O)c3cccc([N+](=O)[O-])c3)n2)c1. The highest BCUT2D eigenvalue weighted by atomic mass is 16.6. The Morgan fingerprint density at radius 3 is 2.87 bits per heavy atom. The first-order valence-electron chi connectivity index (χ1n) is 9.60. The van der Waals surface area contributed by atoms with Crippen molar-refractivity contribution in [1.29, 1.82) is 0 Å². The van der Waals surface area contributed by atoms with Gasteiger partial charge in [0.15, 0.2) is 0 Å². The second-order valence-electron chi connectivity index (χ2n) is 7.01. The van der Waals surface area contributed by atoms with Gasteiger partial charge in [-0.25, -0.2) is 0 Å². The van der Waals surface area contributed by atoms with E-state index >= 15 is 0 Å². The highest BCUT2D eigenvalue weighted by Gasteiger charge is 2.33. The van der Waals surface area contributed by atoms with Gasteiger partial charge in [-0.15, -0.1) is 0 Å². The Balaban J connectivity index is 1.61. The van der Waals surface area contributed by atoms with Crippen LogP contribution in [0.3, 0.4) is 0 Å². The van der Waals surface area contributed by atoms with Crippen molar-refractivity contribution in [2.45, 2.75) is 25.3 Å². The van der Waals surface area contributed by atoms with E-state index in [1.54, 1.807) is 18.1 Å². The second kappa shape index (κ2) is 8.32. The van der Waals surface area contributed by atoms with Crippen LogP contribution in [0.5, 0.6) is 5.75 Å². The molecule has 2 aromatic carbocycles. The quantitative estimate of drug-likeness (QED) is 0.463. The van der Waals surface area contributed by atoms with Crippen molar-refractivity contribution in [3.8, 4) is 17.1 Å². The van der Waals surface area contributed by atoms with E-state index in [1.807, 2.05) is 24.3 Å². The number of carbonyl (C=O) groups excluding carboxylic acids is 1. The molecule has 0 saturated carbocycles. The first-order chi connectivity index (χ1) is 14.6. The number of piperidine rings is 1. The van der Waals surface area contributed by atoms with E-state index in [-0.39, 0.29) is 23.2 Å². The van der Waals surface area contributed by atoms with Crippen LogP contribution in [0, 0.1) is 10.1 Å². The maximum Gasteiger partial charge on any atom is 0.270 e. The smallest absolute Gasteiger partial charge is 0.270 e. The van der Waals surface area contributed by atoms with Gasteiger partial charge in [0.25, 0.3) is 11.6 Å². The van der Waals surface area contributed by atoms with E-state index in [4.69, 9.17) is 9.26 Å². The summed E-state index contributed by atoms with van der Waals surface area (Å²) in [6.45, 7) is 0.517. The molecule has 3 aromatic rings. The number of ether oxygens (including phenoxy) is 1. The van der Waals surface area contributed by atoms with Gasteiger partial charge in [0.05, 0.1) is 12.0 Å². The topological polar surface area (TPSA) is 112 Å². The number of likely N-dealkylation sites (tertiary alicyclic amines) is 1. The van der Waals surface area contributed by atoms with E-state index in [0.29, 0.717) is 30.4 Å². The molecule has 1 aromatic heterocycles. The molecule has 0 aliphatic carbocycles. The number of nitrogens with zero attached hydrogens (tertiary/aromatic N) is 4. The summed E-state index contributed by atoms with van der Waals surface area (Å²) in [4.78, 5) is 29.8. The van der Waals surface area contributed by atoms with Crippen LogP contribution < -0.4 is 4.74 Å². The summed E-state index contributed by atoms with van der Waals surface area (Å²) in [5.41, 5.74) is 0.896. The molecule has 1 amide bonds. The molecule has 4 rings (SSSR count). The zero-order valence-electron chi connectivity index (χ0n) is 16.4. The zero-order valence-corrected chi connectivity index (χ0v) is 16.4. The Morgan fingerprint density at radius 1 is 1.23 bits per heavy atom. The van der Waals surface area contributed by atoms with Gasteiger partial charge in [0.2, 0.25) is 11.7 Å². The molecule has 154 valence electrons. The maximum absolute atomic E-state index is 13.1. The number of aromatic nitrogens is 2. The number of carbonyl (C=O) groups is 1. The summed E-state index contributed by atoms with van der Waals surface area (Å²) in [5, 5.41) is 15.1. The number of non-ortho nitro benzene ring substituents is 1. The van der Waals surface area contributed by atoms with Crippen molar-refractivity contribution in [2.24, 2.45) is 0 Å². The molecule has 1 unspecified atom stereocenters. The van der Waals surface area contributed by atoms with E-state index in [1.165, 1.54) is 18.2 Å². The number of rotatable bonds is 5. The predicted octanol–water partition coefficient (Wildman–Crippen LogP) is 4.02. The Hall–Kier alpha value is -3.75. The molecule has 2 heterocycles. The Bertz CT molecular complexity index is 1080. The molecule has 1 aliphatic heterocycles. The summed E-state index contributed by atoms with van der Waals surface area (Å²) in [5.74, 6) is 1.16. The van der Waals surface area contributed by atoms with Gasteiger partial charge >= 0.3 is 0 Å². The lowest BCUT2D eigenvalue weighted by atomic mass is 10.0. The lowest BCUT2D eigenvalue weighted by Gasteiger charge is -2.33. The molecule has 9 heteroatoms. The number of amides is 1. The Labute approximate surface area is 172 Å². The van der Waals surface area contributed by atoms with Crippen molar-refractivity contribution in [2.75, 3.05) is 13.7 Å². The van der Waals surface area contributed by atoms with Crippen LogP contribution in [0.1, 0.15) is 41.6 Å². The lowest BCUT2D eigenvalue weighted by Crippen LogP contribution is -2.38. The van der Waals surface area contributed by atoms with Crippen LogP contribution in [-0.4, -0.2) is 39.5 Å². The molecule has 9 nitrogen and oxygen atoms in total. The highest BCUT2D eigenvalue weighted by Crippen LogP contribution is 2.33. The zero-order chi connectivity index (χ0) is 21.1. The van der Waals surface area contributed by atoms with E-state index in [2.05, 4.69) is 10.1 Å². The fraction of sp³-hybridized carbons (Fsp3) is 0.286. The van der Waals surface area contributed by atoms with Gasteiger partial charge in [0, 0.05) is 29.8 Å². The average Bonchev–Trinajstić information content (AvgIpc) is 3.29. The summed E-state index contributed by atoms with van der Waals surface area (Å²) in [6.07, 6.45) is 2.44. The van der Waals surface area contributed by atoms with Crippen molar-refractivity contribution in [3.05, 3.63) is 70.1 Å². The number of benzene rings is 2.